The lowest BCUT2D eigenvalue weighted by Gasteiger charge is -2.20. The minimum atomic E-state index is -2.97. The lowest BCUT2D eigenvalue weighted by molar-refractivity contribution is -0.126. The molecule has 2 unspecified atom stereocenters. The van der Waals surface area contributed by atoms with E-state index in [4.69, 9.17) is 10.5 Å². The van der Waals surface area contributed by atoms with E-state index in [-0.39, 0.29) is 24.0 Å². The number of carbonyl (C=O) groups is 2. The number of carbonyl (C=O) groups excluding carboxylic acids is 2. The molecule has 0 heterocycles. The van der Waals surface area contributed by atoms with Gasteiger partial charge in [-0.2, -0.15) is 8.78 Å². The second-order valence-corrected chi connectivity index (χ2v) is 5.63. The third kappa shape index (κ3) is 6.70. The van der Waals surface area contributed by atoms with Crippen LogP contribution < -0.4 is 20.5 Å². The lowest BCUT2D eigenvalue weighted by Crippen LogP contribution is -2.47. The van der Waals surface area contributed by atoms with Crippen LogP contribution in [0.2, 0.25) is 0 Å². The van der Waals surface area contributed by atoms with E-state index >= 15 is 0 Å². The number of amides is 2. The Bertz CT molecular complexity index is 650. The monoisotopic (exact) mass is 370 g/mol. The van der Waals surface area contributed by atoms with Gasteiger partial charge in [0.05, 0.1) is 6.61 Å². The van der Waals surface area contributed by atoms with Crippen LogP contribution in [0.15, 0.2) is 24.3 Å². The normalized spacial score (nSPS) is 13.5. The van der Waals surface area contributed by atoms with E-state index in [9.17, 15) is 18.4 Å². The predicted molar refractivity (Wildman–Crippen MR) is 93.9 cm³/mol. The third-order valence-electron chi connectivity index (χ3n) is 3.73. The first-order valence-corrected chi connectivity index (χ1v) is 8.28. The van der Waals surface area contributed by atoms with Crippen LogP contribution in [0.5, 0.6) is 11.5 Å². The Kier molecular flexibility index (Phi) is 8.54. The van der Waals surface area contributed by atoms with Gasteiger partial charge >= 0.3 is 6.61 Å². The molecule has 1 aromatic carbocycles. The third-order valence-corrected chi connectivity index (χ3v) is 3.73. The van der Waals surface area contributed by atoms with E-state index in [2.05, 4.69) is 10.1 Å². The number of alkyl halides is 2. The molecule has 0 saturated heterocycles. The first kappa shape index (κ1) is 21.4. The largest absolute Gasteiger partial charge is 0.490 e. The number of primary amides is 1. The quantitative estimate of drug-likeness (QED) is 0.620. The van der Waals surface area contributed by atoms with Crippen molar-refractivity contribution in [3.8, 4) is 11.5 Å². The molecule has 0 fully saturated rings. The van der Waals surface area contributed by atoms with E-state index in [1.165, 1.54) is 30.4 Å². The van der Waals surface area contributed by atoms with Crippen LogP contribution in [0.25, 0.3) is 6.08 Å². The minimum absolute atomic E-state index is 0.0889. The first-order chi connectivity index (χ1) is 12.3. The highest BCUT2D eigenvalue weighted by Gasteiger charge is 2.22. The van der Waals surface area contributed by atoms with Gasteiger partial charge in [0.2, 0.25) is 11.8 Å². The molecule has 0 aromatic heterocycles. The van der Waals surface area contributed by atoms with Crippen LogP contribution >= 0.6 is 0 Å². The van der Waals surface area contributed by atoms with Crippen molar-refractivity contribution in [2.45, 2.75) is 39.8 Å². The number of hydrogen-bond acceptors (Lipinski definition) is 4. The summed E-state index contributed by atoms with van der Waals surface area (Å²) in [7, 11) is 0. The Morgan fingerprint density at radius 2 is 1.96 bits per heavy atom. The fourth-order valence-corrected chi connectivity index (χ4v) is 2.19. The second-order valence-electron chi connectivity index (χ2n) is 5.63. The number of rotatable bonds is 10. The van der Waals surface area contributed by atoms with Gasteiger partial charge in [0.15, 0.2) is 11.5 Å². The fourth-order valence-electron chi connectivity index (χ4n) is 2.19. The van der Waals surface area contributed by atoms with Gasteiger partial charge in [0.25, 0.3) is 0 Å². The Balaban J connectivity index is 2.87. The molecule has 3 N–H and O–H groups in total. The molecule has 0 bridgehead atoms. The molecule has 0 aliphatic heterocycles. The van der Waals surface area contributed by atoms with Gasteiger partial charge < -0.3 is 20.5 Å². The average Bonchev–Trinajstić information content (AvgIpc) is 2.58. The Morgan fingerprint density at radius 1 is 1.27 bits per heavy atom. The average molecular weight is 370 g/mol. The molecule has 1 aromatic rings. The van der Waals surface area contributed by atoms with Crippen molar-refractivity contribution in [1.82, 2.24) is 5.32 Å². The van der Waals surface area contributed by atoms with E-state index in [1.54, 1.807) is 6.92 Å². The van der Waals surface area contributed by atoms with Crippen LogP contribution in [0.4, 0.5) is 8.78 Å². The minimum Gasteiger partial charge on any atom is -0.490 e. The topological polar surface area (TPSA) is 90.6 Å². The molecule has 2 amide bonds. The van der Waals surface area contributed by atoms with Crippen LogP contribution in [-0.4, -0.2) is 31.1 Å². The molecule has 2 atom stereocenters. The Morgan fingerprint density at radius 3 is 2.50 bits per heavy atom. The fraction of sp³-hybridized carbons (Fsp3) is 0.444. The van der Waals surface area contributed by atoms with Gasteiger partial charge in [0.1, 0.15) is 6.04 Å². The lowest BCUT2D eigenvalue weighted by atomic mass is 9.98. The van der Waals surface area contributed by atoms with Gasteiger partial charge in [-0.05, 0) is 36.6 Å². The number of hydrogen-bond donors (Lipinski definition) is 2. The summed E-state index contributed by atoms with van der Waals surface area (Å²) in [5.41, 5.74) is 5.85. The Labute approximate surface area is 151 Å². The SMILES string of the molecule is CCOc1cc(C=CC(=O)NC(C(N)=O)C(C)CC)ccc1OC(F)F. The maximum Gasteiger partial charge on any atom is 0.387 e. The summed E-state index contributed by atoms with van der Waals surface area (Å²) in [5.74, 6) is -1.13. The van der Waals surface area contributed by atoms with E-state index in [0.717, 1.165) is 0 Å². The van der Waals surface area contributed by atoms with Crippen molar-refractivity contribution in [2.75, 3.05) is 6.61 Å². The highest BCUT2D eigenvalue weighted by molar-refractivity contribution is 5.95. The van der Waals surface area contributed by atoms with Crippen molar-refractivity contribution in [3.05, 3.63) is 29.8 Å². The highest BCUT2D eigenvalue weighted by Crippen LogP contribution is 2.30. The standard InChI is InChI=1S/C18H24F2N2O4/c1-4-11(3)16(17(21)24)22-15(23)9-7-12-6-8-13(26-18(19)20)14(10-12)25-5-2/h6-11,16,18H,4-5H2,1-3H3,(H2,21,24)(H,22,23). The Hall–Kier alpha value is -2.64. The molecule has 0 aliphatic rings. The smallest absolute Gasteiger partial charge is 0.387 e. The molecular formula is C18H24F2N2O4. The molecule has 144 valence electrons. The van der Waals surface area contributed by atoms with Crippen molar-refractivity contribution in [2.24, 2.45) is 11.7 Å². The number of benzene rings is 1. The van der Waals surface area contributed by atoms with Gasteiger partial charge in [0, 0.05) is 6.08 Å². The molecule has 26 heavy (non-hydrogen) atoms. The highest BCUT2D eigenvalue weighted by atomic mass is 19.3. The zero-order valence-corrected chi connectivity index (χ0v) is 15.0. The molecule has 8 heteroatoms. The summed E-state index contributed by atoms with van der Waals surface area (Å²) in [6.45, 7) is 2.72. The van der Waals surface area contributed by atoms with Crippen molar-refractivity contribution in [3.63, 3.8) is 0 Å². The zero-order valence-electron chi connectivity index (χ0n) is 15.0. The van der Waals surface area contributed by atoms with Gasteiger partial charge in [-0.15, -0.1) is 0 Å². The van der Waals surface area contributed by atoms with E-state index < -0.39 is 24.5 Å². The molecule has 0 aliphatic carbocycles. The number of nitrogens with one attached hydrogen (secondary N) is 1. The summed E-state index contributed by atoms with van der Waals surface area (Å²) >= 11 is 0. The number of nitrogens with two attached hydrogens (primary N) is 1. The molecule has 0 radical (unpaired) electrons. The van der Waals surface area contributed by atoms with Crippen LogP contribution in [0.3, 0.4) is 0 Å². The number of ether oxygens (including phenoxy) is 2. The number of halogens is 2. The van der Waals surface area contributed by atoms with Gasteiger partial charge in [-0.1, -0.05) is 26.3 Å². The molecular weight excluding hydrogens is 346 g/mol. The summed E-state index contributed by atoms with van der Waals surface area (Å²) in [6, 6.07) is 3.55. The molecule has 0 spiro atoms. The molecule has 6 nitrogen and oxygen atoms in total. The van der Waals surface area contributed by atoms with Gasteiger partial charge in [-0.3, -0.25) is 9.59 Å². The van der Waals surface area contributed by atoms with Crippen LogP contribution in [0.1, 0.15) is 32.8 Å². The van der Waals surface area contributed by atoms with Crippen LogP contribution in [-0.2, 0) is 9.59 Å². The van der Waals surface area contributed by atoms with Gasteiger partial charge in [-0.25, -0.2) is 0 Å². The first-order valence-electron chi connectivity index (χ1n) is 8.28. The van der Waals surface area contributed by atoms with Crippen LogP contribution in [0, 0.1) is 5.92 Å². The zero-order chi connectivity index (χ0) is 19.7. The molecule has 1 rings (SSSR count). The van der Waals surface area contributed by atoms with Crippen molar-refractivity contribution >= 4 is 17.9 Å². The molecule has 0 saturated carbocycles. The summed E-state index contributed by atoms with van der Waals surface area (Å²) in [6.07, 6.45) is 3.39. The predicted octanol–water partition coefficient (Wildman–Crippen LogP) is 2.72. The maximum atomic E-state index is 12.4. The van der Waals surface area contributed by atoms with Crippen molar-refractivity contribution in [1.29, 1.82) is 0 Å². The summed E-state index contributed by atoms with van der Waals surface area (Å²) in [5, 5.41) is 2.56. The van der Waals surface area contributed by atoms with E-state index in [0.29, 0.717) is 12.0 Å². The summed E-state index contributed by atoms with van der Waals surface area (Å²) in [4.78, 5) is 23.5. The van der Waals surface area contributed by atoms with Crippen molar-refractivity contribution < 1.29 is 27.8 Å². The van der Waals surface area contributed by atoms with E-state index in [1.807, 2.05) is 13.8 Å². The second kappa shape index (κ2) is 10.4. The maximum absolute atomic E-state index is 12.4. The summed E-state index contributed by atoms with van der Waals surface area (Å²) < 4.78 is 34.4.